The summed E-state index contributed by atoms with van der Waals surface area (Å²) in [5.41, 5.74) is 8.42. The van der Waals surface area contributed by atoms with Crippen LogP contribution in [0.25, 0.3) is 81.6 Å². The molecule has 206 valence electrons. The Bertz CT molecular complexity index is 2430. The van der Waals surface area contributed by atoms with Crippen LogP contribution in [0.3, 0.4) is 0 Å². The van der Waals surface area contributed by atoms with E-state index in [1.165, 1.54) is 42.0 Å². The number of hydrogen-bond acceptors (Lipinski definition) is 3. The SMILES string of the molecule is c1ccc(-c2cc(-c3cccc(-n4c5ccccc5c5cc6sc7ccccc7c6cc54)c3)nc(-c3ccccc3)n2)cc1. The van der Waals surface area contributed by atoms with Crippen molar-refractivity contribution >= 4 is 53.3 Å². The maximum absolute atomic E-state index is 5.10. The first-order chi connectivity index (χ1) is 21.8. The predicted octanol–water partition coefficient (Wildman–Crippen LogP) is 10.9. The number of fused-ring (bicyclic) bond motifs is 6. The first kappa shape index (κ1) is 25.0. The summed E-state index contributed by atoms with van der Waals surface area (Å²) >= 11 is 1.87. The molecule has 4 heteroatoms. The molecule has 3 aromatic heterocycles. The molecule has 0 saturated carbocycles. The predicted molar refractivity (Wildman–Crippen MR) is 186 cm³/mol. The van der Waals surface area contributed by atoms with Crippen molar-refractivity contribution in [2.24, 2.45) is 0 Å². The smallest absolute Gasteiger partial charge is 0.160 e. The Labute approximate surface area is 258 Å². The molecule has 0 spiro atoms. The molecule has 0 N–H and O–H groups in total. The second-order valence-electron chi connectivity index (χ2n) is 11.1. The van der Waals surface area contributed by atoms with Gasteiger partial charge in [0.05, 0.1) is 22.4 Å². The van der Waals surface area contributed by atoms with E-state index in [1.54, 1.807) is 0 Å². The third-order valence-electron chi connectivity index (χ3n) is 8.40. The van der Waals surface area contributed by atoms with E-state index in [-0.39, 0.29) is 0 Å². The number of thiophene rings is 1. The van der Waals surface area contributed by atoms with Gasteiger partial charge in [0, 0.05) is 53.3 Å². The zero-order valence-electron chi connectivity index (χ0n) is 23.7. The fourth-order valence-corrected chi connectivity index (χ4v) is 7.46. The minimum atomic E-state index is 0.718. The summed E-state index contributed by atoms with van der Waals surface area (Å²) < 4.78 is 5.04. The molecular weight excluding hydrogens is 555 g/mol. The normalized spacial score (nSPS) is 11.6. The van der Waals surface area contributed by atoms with Gasteiger partial charge in [-0.25, -0.2) is 9.97 Å². The first-order valence-corrected chi connectivity index (χ1v) is 15.6. The Kier molecular flexibility index (Phi) is 5.68. The van der Waals surface area contributed by atoms with Gasteiger partial charge >= 0.3 is 0 Å². The second-order valence-corrected chi connectivity index (χ2v) is 12.1. The highest BCUT2D eigenvalue weighted by atomic mass is 32.1. The Balaban J connectivity index is 1.27. The van der Waals surface area contributed by atoms with E-state index in [9.17, 15) is 0 Å². The molecule has 0 radical (unpaired) electrons. The zero-order chi connectivity index (χ0) is 29.0. The van der Waals surface area contributed by atoms with E-state index in [1.807, 2.05) is 35.6 Å². The average molecular weight is 580 g/mol. The summed E-state index contributed by atoms with van der Waals surface area (Å²) in [6, 6.07) is 53.6. The summed E-state index contributed by atoms with van der Waals surface area (Å²) in [7, 11) is 0. The molecule has 0 aliphatic rings. The molecule has 0 atom stereocenters. The fourth-order valence-electron chi connectivity index (χ4n) is 6.34. The largest absolute Gasteiger partial charge is 0.309 e. The molecule has 0 aliphatic heterocycles. The Hall–Kier alpha value is -5.58. The van der Waals surface area contributed by atoms with Crippen molar-refractivity contribution in [1.29, 1.82) is 0 Å². The van der Waals surface area contributed by atoms with E-state index in [2.05, 4.69) is 132 Å². The quantitative estimate of drug-likeness (QED) is 0.208. The van der Waals surface area contributed by atoms with Crippen molar-refractivity contribution in [3.8, 4) is 39.6 Å². The van der Waals surface area contributed by atoms with Crippen molar-refractivity contribution in [2.75, 3.05) is 0 Å². The molecular formula is C40H25N3S. The van der Waals surface area contributed by atoms with Gasteiger partial charge in [-0.3, -0.25) is 0 Å². The lowest BCUT2D eigenvalue weighted by molar-refractivity contribution is 1.16. The maximum atomic E-state index is 5.10. The zero-order valence-corrected chi connectivity index (χ0v) is 24.5. The van der Waals surface area contributed by atoms with Crippen LogP contribution in [-0.2, 0) is 0 Å². The van der Waals surface area contributed by atoms with Crippen molar-refractivity contribution in [2.45, 2.75) is 0 Å². The van der Waals surface area contributed by atoms with Crippen LogP contribution in [0.4, 0.5) is 0 Å². The third kappa shape index (κ3) is 4.03. The molecule has 9 rings (SSSR count). The summed E-state index contributed by atoms with van der Waals surface area (Å²) in [5, 5.41) is 5.13. The average Bonchev–Trinajstić information content (AvgIpc) is 3.62. The lowest BCUT2D eigenvalue weighted by Gasteiger charge is -2.12. The molecule has 0 amide bonds. The number of nitrogens with zero attached hydrogens (tertiary/aromatic N) is 3. The molecule has 3 nitrogen and oxygen atoms in total. The van der Waals surface area contributed by atoms with Gasteiger partial charge in [-0.05, 0) is 42.5 Å². The minimum absolute atomic E-state index is 0.718. The number of rotatable bonds is 4. The molecule has 6 aromatic carbocycles. The molecule has 3 heterocycles. The highest BCUT2D eigenvalue weighted by Gasteiger charge is 2.17. The van der Waals surface area contributed by atoms with Gasteiger partial charge in [0.1, 0.15) is 0 Å². The van der Waals surface area contributed by atoms with Crippen molar-refractivity contribution < 1.29 is 0 Å². The first-order valence-electron chi connectivity index (χ1n) is 14.8. The van der Waals surface area contributed by atoms with Gasteiger partial charge in [0.25, 0.3) is 0 Å². The van der Waals surface area contributed by atoms with Crippen LogP contribution >= 0.6 is 11.3 Å². The Morgan fingerprint density at radius 3 is 1.89 bits per heavy atom. The second kappa shape index (κ2) is 10.0. The Morgan fingerprint density at radius 2 is 1.07 bits per heavy atom. The van der Waals surface area contributed by atoms with E-state index < -0.39 is 0 Å². The number of benzene rings is 6. The van der Waals surface area contributed by atoms with Crippen LogP contribution in [0.1, 0.15) is 0 Å². The van der Waals surface area contributed by atoms with Crippen LogP contribution in [0, 0.1) is 0 Å². The minimum Gasteiger partial charge on any atom is -0.309 e. The van der Waals surface area contributed by atoms with Crippen molar-refractivity contribution in [3.05, 3.63) is 152 Å². The van der Waals surface area contributed by atoms with Crippen LogP contribution in [-0.4, -0.2) is 14.5 Å². The summed E-state index contributed by atoms with van der Waals surface area (Å²) in [5.74, 6) is 0.718. The van der Waals surface area contributed by atoms with E-state index >= 15 is 0 Å². The van der Waals surface area contributed by atoms with Crippen LogP contribution in [0.5, 0.6) is 0 Å². The summed E-state index contributed by atoms with van der Waals surface area (Å²) in [4.78, 5) is 10.1. The molecule has 44 heavy (non-hydrogen) atoms. The fraction of sp³-hybridized carbons (Fsp3) is 0. The van der Waals surface area contributed by atoms with Gasteiger partial charge in [-0.15, -0.1) is 11.3 Å². The van der Waals surface area contributed by atoms with Gasteiger partial charge in [0.15, 0.2) is 5.82 Å². The van der Waals surface area contributed by atoms with E-state index in [4.69, 9.17) is 9.97 Å². The van der Waals surface area contributed by atoms with Crippen molar-refractivity contribution in [1.82, 2.24) is 14.5 Å². The molecule has 0 fully saturated rings. The topological polar surface area (TPSA) is 30.7 Å². The molecule has 0 aliphatic carbocycles. The summed E-state index contributed by atoms with van der Waals surface area (Å²) in [6.45, 7) is 0. The van der Waals surface area contributed by atoms with Gasteiger partial charge < -0.3 is 4.57 Å². The monoisotopic (exact) mass is 579 g/mol. The number of aromatic nitrogens is 3. The highest BCUT2D eigenvalue weighted by Crippen LogP contribution is 2.41. The molecule has 0 bridgehead atoms. The van der Waals surface area contributed by atoms with Crippen LogP contribution in [0.15, 0.2) is 152 Å². The van der Waals surface area contributed by atoms with Gasteiger partial charge in [0.2, 0.25) is 0 Å². The third-order valence-corrected chi connectivity index (χ3v) is 9.53. The molecule has 0 unspecified atom stereocenters. The standard InChI is InChI=1S/C40H25N3S/c1-3-12-26(13-4-1)34-25-35(42-40(41-34)27-14-5-2-6-15-27)28-16-11-17-29(22-28)43-36-20-9-7-18-30(36)32-24-39-33(23-37(32)43)31-19-8-10-21-38(31)44-39/h1-25H. The van der Waals surface area contributed by atoms with Crippen molar-refractivity contribution in [3.63, 3.8) is 0 Å². The molecule has 0 saturated heterocycles. The van der Waals surface area contributed by atoms with Gasteiger partial charge in [-0.1, -0.05) is 109 Å². The van der Waals surface area contributed by atoms with Crippen LogP contribution < -0.4 is 0 Å². The van der Waals surface area contributed by atoms with Crippen LogP contribution in [0.2, 0.25) is 0 Å². The number of para-hydroxylation sites is 1. The Morgan fingerprint density at radius 1 is 0.409 bits per heavy atom. The van der Waals surface area contributed by atoms with E-state index in [0.717, 1.165) is 39.6 Å². The molecule has 9 aromatic rings. The number of hydrogen-bond donors (Lipinski definition) is 0. The van der Waals surface area contributed by atoms with Gasteiger partial charge in [-0.2, -0.15) is 0 Å². The lowest BCUT2D eigenvalue weighted by atomic mass is 10.1. The lowest BCUT2D eigenvalue weighted by Crippen LogP contribution is -1.97. The highest BCUT2D eigenvalue weighted by molar-refractivity contribution is 7.25. The maximum Gasteiger partial charge on any atom is 0.160 e. The van der Waals surface area contributed by atoms with E-state index in [0.29, 0.717) is 0 Å². The summed E-state index contributed by atoms with van der Waals surface area (Å²) in [6.07, 6.45) is 0.